The molecule has 0 aliphatic heterocycles. The first-order valence-corrected chi connectivity index (χ1v) is 8.05. The van der Waals surface area contributed by atoms with Gasteiger partial charge >= 0.3 is 0 Å². The van der Waals surface area contributed by atoms with E-state index in [9.17, 15) is 0 Å². The molecule has 0 aliphatic carbocycles. The summed E-state index contributed by atoms with van der Waals surface area (Å²) in [6.45, 7) is 7.73. The van der Waals surface area contributed by atoms with Crippen LogP contribution in [0.25, 0.3) is 0 Å². The minimum absolute atomic E-state index is 0.213. The standard InChI is InChI=1S/C17H30N4O2/c1-5-18-17(21-14(2)13-23-4)20-12-15-6-8-16(9-7-15)19-10-11-22-3/h6-9,14,19H,5,10-13H2,1-4H3,(H2,18,20,21). The van der Waals surface area contributed by atoms with Gasteiger partial charge in [-0.05, 0) is 31.5 Å². The van der Waals surface area contributed by atoms with E-state index in [0.29, 0.717) is 19.8 Å². The summed E-state index contributed by atoms with van der Waals surface area (Å²) >= 11 is 0. The minimum atomic E-state index is 0.213. The van der Waals surface area contributed by atoms with Crippen molar-refractivity contribution in [2.75, 3.05) is 45.8 Å². The number of benzene rings is 1. The minimum Gasteiger partial charge on any atom is -0.383 e. The first-order chi connectivity index (χ1) is 11.2. The van der Waals surface area contributed by atoms with E-state index in [-0.39, 0.29) is 6.04 Å². The Hall–Kier alpha value is -1.79. The van der Waals surface area contributed by atoms with Gasteiger partial charge in [-0.15, -0.1) is 0 Å². The van der Waals surface area contributed by atoms with Crippen LogP contribution in [0.3, 0.4) is 0 Å². The van der Waals surface area contributed by atoms with E-state index < -0.39 is 0 Å². The Morgan fingerprint density at radius 2 is 1.91 bits per heavy atom. The van der Waals surface area contributed by atoms with E-state index in [4.69, 9.17) is 9.47 Å². The molecule has 0 radical (unpaired) electrons. The smallest absolute Gasteiger partial charge is 0.191 e. The molecule has 1 rings (SSSR count). The molecule has 1 aromatic rings. The summed E-state index contributed by atoms with van der Waals surface area (Å²) in [6.07, 6.45) is 0. The molecular weight excluding hydrogens is 292 g/mol. The molecule has 3 N–H and O–H groups in total. The van der Waals surface area contributed by atoms with Crippen molar-refractivity contribution in [2.45, 2.75) is 26.4 Å². The van der Waals surface area contributed by atoms with Gasteiger partial charge in [0.1, 0.15) is 0 Å². The van der Waals surface area contributed by atoms with Gasteiger partial charge in [0, 0.05) is 39.0 Å². The van der Waals surface area contributed by atoms with Crippen LogP contribution >= 0.6 is 0 Å². The van der Waals surface area contributed by atoms with Crippen LogP contribution in [0.15, 0.2) is 29.3 Å². The number of guanidine groups is 1. The average Bonchev–Trinajstić information content (AvgIpc) is 2.54. The zero-order valence-electron chi connectivity index (χ0n) is 14.7. The van der Waals surface area contributed by atoms with Crippen molar-refractivity contribution in [3.8, 4) is 0 Å². The van der Waals surface area contributed by atoms with Gasteiger partial charge < -0.3 is 25.4 Å². The number of rotatable bonds is 10. The van der Waals surface area contributed by atoms with Crippen LogP contribution in [0.4, 0.5) is 5.69 Å². The van der Waals surface area contributed by atoms with E-state index in [2.05, 4.69) is 59.1 Å². The number of nitrogens with zero attached hydrogens (tertiary/aromatic N) is 1. The third-order valence-corrected chi connectivity index (χ3v) is 3.15. The highest BCUT2D eigenvalue weighted by Crippen LogP contribution is 2.10. The average molecular weight is 322 g/mol. The Kier molecular flexibility index (Phi) is 9.83. The van der Waals surface area contributed by atoms with Gasteiger partial charge in [0.2, 0.25) is 0 Å². The zero-order valence-corrected chi connectivity index (χ0v) is 14.7. The second kappa shape index (κ2) is 11.7. The Labute approximate surface area is 139 Å². The van der Waals surface area contributed by atoms with Crippen LogP contribution in [0, 0.1) is 0 Å². The monoisotopic (exact) mass is 322 g/mol. The van der Waals surface area contributed by atoms with Gasteiger partial charge in [-0.25, -0.2) is 4.99 Å². The van der Waals surface area contributed by atoms with E-state index in [1.807, 2.05) is 0 Å². The molecule has 0 saturated carbocycles. The van der Waals surface area contributed by atoms with Crippen LogP contribution in [0.5, 0.6) is 0 Å². The molecule has 0 saturated heterocycles. The number of nitrogens with one attached hydrogen (secondary N) is 3. The van der Waals surface area contributed by atoms with Gasteiger partial charge in [-0.1, -0.05) is 12.1 Å². The lowest BCUT2D eigenvalue weighted by Crippen LogP contribution is -2.43. The second-order valence-electron chi connectivity index (χ2n) is 5.31. The summed E-state index contributed by atoms with van der Waals surface area (Å²) in [4.78, 5) is 4.61. The molecule has 0 bridgehead atoms. The predicted molar refractivity (Wildman–Crippen MR) is 96.1 cm³/mol. The lowest BCUT2D eigenvalue weighted by Gasteiger charge is -2.17. The van der Waals surface area contributed by atoms with Crippen LogP contribution in [-0.2, 0) is 16.0 Å². The lowest BCUT2D eigenvalue weighted by molar-refractivity contribution is 0.179. The van der Waals surface area contributed by atoms with Gasteiger partial charge in [0.15, 0.2) is 5.96 Å². The summed E-state index contributed by atoms with van der Waals surface area (Å²) in [7, 11) is 3.40. The third kappa shape index (κ3) is 8.42. The molecular formula is C17H30N4O2. The van der Waals surface area contributed by atoms with Crippen LogP contribution in [-0.4, -0.2) is 52.5 Å². The number of methoxy groups -OCH3 is 2. The Morgan fingerprint density at radius 3 is 2.52 bits per heavy atom. The summed E-state index contributed by atoms with van der Waals surface area (Å²) < 4.78 is 10.2. The van der Waals surface area contributed by atoms with Crippen molar-refractivity contribution >= 4 is 11.6 Å². The van der Waals surface area contributed by atoms with Crippen molar-refractivity contribution in [3.05, 3.63) is 29.8 Å². The highest BCUT2D eigenvalue weighted by Gasteiger charge is 2.04. The number of anilines is 1. The Bertz CT molecular complexity index is 448. The Morgan fingerprint density at radius 1 is 1.17 bits per heavy atom. The van der Waals surface area contributed by atoms with Crippen LogP contribution in [0.2, 0.25) is 0 Å². The van der Waals surface area contributed by atoms with Gasteiger partial charge in [-0.3, -0.25) is 0 Å². The molecule has 23 heavy (non-hydrogen) atoms. The highest BCUT2D eigenvalue weighted by molar-refractivity contribution is 5.80. The van der Waals surface area contributed by atoms with Gasteiger partial charge in [-0.2, -0.15) is 0 Å². The lowest BCUT2D eigenvalue weighted by atomic mass is 10.2. The largest absolute Gasteiger partial charge is 0.383 e. The molecule has 6 heteroatoms. The molecule has 130 valence electrons. The predicted octanol–water partition coefficient (Wildman–Crippen LogP) is 1.83. The van der Waals surface area contributed by atoms with Crippen molar-refractivity contribution in [1.82, 2.24) is 10.6 Å². The first kappa shape index (κ1) is 19.3. The molecule has 0 spiro atoms. The van der Waals surface area contributed by atoms with Crippen LogP contribution < -0.4 is 16.0 Å². The molecule has 0 aromatic heterocycles. The molecule has 0 amide bonds. The second-order valence-corrected chi connectivity index (χ2v) is 5.31. The quantitative estimate of drug-likeness (QED) is 0.348. The normalized spacial score (nSPS) is 12.8. The number of hydrogen-bond donors (Lipinski definition) is 3. The molecule has 1 aromatic carbocycles. The summed E-state index contributed by atoms with van der Waals surface area (Å²) in [5.74, 6) is 0.805. The number of aliphatic imine (C=N–C) groups is 1. The fraction of sp³-hybridized carbons (Fsp3) is 0.588. The van der Waals surface area contributed by atoms with Crippen molar-refractivity contribution < 1.29 is 9.47 Å². The van der Waals surface area contributed by atoms with Gasteiger partial charge in [0.05, 0.1) is 19.8 Å². The molecule has 0 heterocycles. The van der Waals surface area contributed by atoms with E-state index in [1.165, 1.54) is 5.56 Å². The maximum absolute atomic E-state index is 5.14. The molecule has 0 aliphatic rings. The van der Waals surface area contributed by atoms with E-state index in [1.54, 1.807) is 14.2 Å². The topological polar surface area (TPSA) is 66.9 Å². The summed E-state index contributed by atoms with van der Waals surface area (Å²) in [5, 5.41) is 9.87. The maximum Gasteiger partial charge on any atom is 0.191 e. The maximum atomic E-state index is 5.14. The summed E-state index contributed by atoms with van der Waals surface area (Å²) in [6, 6.07) is 8.51. The van der Waals surface area contributed by atoms with Crippen LogP contribution in [0.1, 0.15) is 19.4 Å². The summed E-state index contributed by atoms with van der Waals surface area (Å²) in [5.41, 5.74) is 2.26. The molecule has 1 atom stereocenters. The molecule has 1 unspecified atom stereocenters. The van der Waals surface area contributed by atoms with E-state index >= 15 is 0 Å². The van der Waals surface area contributed by atoms with Crippen molar-refractivity contribution in [1.29, 1.82) is 0 Å². The first-order valence-electron chi connectivity index (χ1n) is 8.05. The van der Waals surface area contributed by atoms with Gasteiger partial charge in [0.25, 0.3) is 0 Å². The Balaban J connectivity index is 2.54. The van der Waals surface area contributed by atoms with Crippen molar-refractivity contribution in [2.24, 2.45) is 4.99 Å². The van der Waals surface area contributed by atoms with Crippen molar-refractivity contribution in [3.63, 3.8) is 0 Å². The SMILES string of the molecule is CCNC(=NCc1ccc(NCCOC)cc1)NC(C)COC. The fourth-order valence-electron chi connectivity index (χ4n) is 2.04. The number of hydrogen-bond acceptors (Lipinski definition) is 4. The van der Waals surface area contributed by atoms with E-state index in [0.717, 1.165) is 24.7 Å². The zero-order chi connectivity index (χ0) is 16.9. The third-order valence-electron chi connectivity index (χ3n) is 3.15. The fourth-order valence-corrected chi connectivity index (χ4v) is 2.04. The molecule has 6 nitrogen and oxygen atoms in total. The molecule has 0 fully saturated rings. The number of ether oxygens (including phenoxy) is 2. The highest BCUT2D eigenvalue weighted by atomic mass is 16.5.